The summed E-state index contributed by atoms with van der Waals surface area (Å²) in [5, 5.41) is 16.6. The van der Waals surface area contributed by atoms with Crippen LogP contribution in [0.3, 0.4) is 0 Å². The Kier molecular flexibility index (Phi) is 2.82. The number of hydrogen-bond acceptors (Lipinski definition) is 3. The number of nitriles is 1. The molecule has 1 N–H and O–H groups in total. The topological polar surface area (TPSA) is 61.1 Å². The van der Waals surface area contributed by atoms with Crippen molar-refractivity contribution < 1.29 is 9.90 Å². The van der Waals surface area contributed by atoms with Gasteiger partial charge in [0.25, 0.3) is 0 Å². The quantitative estimate of drug-likeness (QED) is 0.500. The average molecular weight is 113 g/mol. The molecule has 0 fully saturated rings. The summed E-state index contributed by atoms with van der Waals surface area (Å²) in [5.74, 6) is -0.590. The van der Waals surface area contributed by atoms with Crippen LogP contribution in [-0.4, -0.2) is 17.5 Å². The molecule has 8 heavy (non-hydrogen) atoms. The average Bonchev–Trinajstić information content (AvgIpc) is 1.84. The molecular weight excluding hydrogens is 106 g/mol. The van der Waals surface area contributed by atoms with E-state index in [4.69, 9.17) is 10.4 Å². The lowest BCUT2D eigenvalue weighted by Gasteiger charge is -2.00. The highest BCUT2D eigenvalue weighted by Crippen LogP contribution is 1.95. The molecule has 0 aromatic heterocycles. The third-order valence-electron chi connectivity index (χ3n) is 0.855. The third-order valence-corrected chi connectivity index (χ3v) is 0.855. The van der Waals surface area contributed by atoms with Gasteiger partial charge >= 0.3 is 0 Å². The normalized spacial score (nSPS) is 16.1. The molecule has 0 aromatic rings. The van der Waals surface area contributed by atoms with Crippen molar-refractivity contribution >= 4 is 6.29 Å². The molecule has 0 heterocycles. The van der Waals surface area contributed by atoms with Gasteiger partial charge in [0, 0.05) is 0 Å². The molecule has 3 heteroatoms. The first-order valence-electron chi connectivity index (χ1n) is 2.25. The summed E-state index contributed by atoms with van der Waals surface area (Å²) < 4.78 is 0. The van der Waals surface area contributed by atoms with Crippen LogP contribution in [0, 0.1) is 17.2 Å². The van der Waals surface area contributed by atoms with Gasteiger partial charge in [-0.3, -0.25) is 0 Å². The van der Waals surface area contributed by atoms with E-state index in [0.29, 0.717) is 6.29 Å². The van der Waals surface area contributed by atoms with Crippen LogP contribution in [0.15, 0.2) is 0 Å². The first-order valence-corrected chi connectivity index (χ1v) is 2.25. The number of carbonyl (C=O) groups excluding carboxylic acids is 1. The zero-order chi connectivity index (χ0) is 6.57. The summed E-state index contributed by atoms with van der Waals surface area (Å²) in [4.78, 5) is 9.70. The zero-order valence-electron chi connectivity index (χ0n) is 4.53. The highest BCUT2D eigenvalue weighted by molar-refractivity contribution is 5.56. The summed E-state index contributed by atoms with van der Waals surface area (Å²) in [6, 6.07) is 1.73. The van der Waals surface area contributed by atoms with E-state index in [1.165, 1.54) is 6.92 Å². The van der Waals surface area contributed by atoms with Crippen LogP contribution in [0.25, 0.3) is 0 Å². The van der Waals surface area contributed by atoms with Crippen molar-refractivity contribution in [2.75, 3.05) is 0 Å². The fourth-order valence-electron chi connectivity index (χ4n) is 0.194. The molecule has 0 bridgehead atoms. The first kappa shape index (κ1) is 7.12. The molecule has 0 aliphatic heterocycles. The van der Waals surface area contributed by atoms with Crippen molar-refractivity contribution in [2.45, 2.75) is 13.0 Å². The van der Waals surface area contributed by atoms with E-state index >= 15 is 0 Å². The molecule has 0 aromatic carbocycles. The lowest BCUT2D eigenvalue weighted by Crippen LogP contribution is -2.16. The van der Waals surface area contributed by atoms with E-state index in [9.17, 15) is 4.79 Å². The highest BCUT2D eigenvalue weighted by Gasteiger charge is 2.09. The minimum absolute atomic E-state index is 0.355. The van der Waals surface area contributed by atoms with Crippen molar-refractivity contribution in [1.29, 1.82) is 5.26 Å². The predicted molar refractivity (Wildman–Crippen MR) is 26.8 cm³/mol. The molecule has 0 saturated carbocycles. The molecule has 1 unspecified atom stereocenters. The molecular formula is C5H7NO2. The van der Waals surface area contributed by atoms with Gasteiger partial charge in [0.05, 0.1) is 12.0 Å². The van der Waals surface area contributed by atoms with E-state index < -0.39 is 12.0 Å². The standard InChI is InChI=1S/C5H7NO2/c1-4(2-6)5(8)3-7/h3-5,8H,1H3/t4?,5-/m1/s1. The van der Waals surface area contributed by atoms with Crippen LogP contribution in [0.5, 0.6) is 0 Å². The molecule has 0 rings (SSSR count). The molecule has 0 radical (unpaired) electrons. The minimum atomic E-state index is -1.13. The summed E-state index contributed by atoms with van der Waals surface area (Å²) in [6.45, 7) is 1.49. The van der Waals surface area contributed by atoms with Crippen molar-refractivity contribution in [3.05, 3.63) is 0 Å². The van der Waals surface area contributed by atoms with Gasteiger partial charge in [0.1, 0.15) is 12.4 Å². The van der Waals surface area contributed by atoms with E-state index in [2.05, 4.69) is 0 Å². The predicted octanol–water partition coefficient (Wildman–Crippen LogP) is -0.294. The summed E-state index contributed by atoms with van der Waals surface area (Å²) >= 11 is 0. The van der Waals surface area contributed by atoms with Crippen molar-refractivity contribution in [1.82, 2.24) is 0 Å². The molecule has 0 amide bonds. The van der Waals surface area contributed by atoms with Crippen LogP contribution in [-0.2, 0) is 4.79 Å². The van der Waals surface area contributed by atoms with Crippen molar-refractivity contribution in [3.63, 3.8) is 0 Å². The van der Waals surface area contributed by atoms with E-state index in [1.54, 1.807) is 6.07 Å². The van der Waals surface area contributed by atoms with Gasteiger partial charge in [0.15, 0.2) is 0 Å². The second kappa shape index (κ2) is 3.16. The van der Waals surface area contributed by atoms with Gasteiger partial charge in [-0.2, -0.15) is 5.26 Å². The van der Waals surface area contributed by atoms with Crippen LogP contribution >= 0.6 is 0 Å². The number of rotatable bonds is 2. The second-order valence-corrected chi connectivity index (χ2v) is 1.54. The smallest absolute Gasteiger partial charge is 0.149 e. The Balaban J connectivity index is 3.66. The molecule has 0 spiro atoms. The molecule has 0 aliphatic rings. The maximum atomic E-state index is 9.70. The van der Waals surface area contributed by atoms with E-state index in [0.717, 1.165) is 0 Å². The summed E-state index contributed by atoms with van der Waals surface area (Å²) in [7, 11) is 0. The van der Waals surface area contributed by atoms with E-state index in [1.807, 2.05) is 0 Å². The van der Waals surface area contributed by atoms with Gasteiger partial charge in [-0.1, -0.05) is 0 Å². The minimum Gasteiger partial charge on any atom is -0.384 e. The van der Waals surface area contributed by atoms with Crippen LogP contribution < -0.4 is 0 Å². The number of aliphatic hydroxyl groups excluding tert-OH is 1. The van der Waals surface area contributed by atoms with Gasteiger partial charge in [0.2, 0.25) is 0 Å². The summed E-state index contributed by atoms with van der Waals surface area (Å²) in [6.07, 6.45) is -0.770. The van der Waals surface area contributed by atoms with Gasteiger partial charge in [-0.05, 0) is 6.92 Å². The van der Waals surface area contributed by atoms with Crippen LogP contribution in [0.2, 0.25) is 0 Å². The molecule has 0 saturated heterocycles. The molecule has 0 aliphatic carbocycles. The number of nitrogens with zero attached hydrogens (tertiary/aromatic N) is 1. The maximum Gasteiger partial charge on any atom is 0.149 e. The Bertz CT molecular complexity index is 116. The van der Waals surface area contributed by atoms with E-state index in [-0.39, 0.29) is 0 Å². The zero-order valence-corrected chi connectivity index (χ0v) is 4.53. The number of carbonyl (C=O) groups is 1. The second-order valence-electron chi connectivity index (χ2n) is 1.54. The molecule has 3 nitrogen and oxygen atoms in total. The van der Waals surface area contributed by atoms with Crippen LogP contribution in [0.1, 0.15) is 6.92 Å². The maximum absolute atomic E-state index is 9.70. The van der Waals surface area contributed by atoms with Crippen LogP contribution in [0.4, 0.5) is 0 Å². The number of aliphatic hydroxyl groups is 1. The van der Waals surface area contributed by atoms with Gasteiger partial charge in [-0.25, -0.2) is 0 Å². The summed E-state index contributed by atoms with van der Waals surface area (Å²) in [5.41, 5.74) is 0. The third kappa shape index (κ3) is 1.71. The monoisotopic (exact) mass is 113 g/mol. The first-order chi connectivity index (χ1) is 3.72. The highest BCUT2D eigenvalue weighted by atomic mass is 16.3. The van der Waals surface area contributed by atoms with Crippen molar-refractivity contribution in [2.24, 2.45) is 5.92 Å². The largest absolute Gasteiger partial charge is 0.384 e. The van der Waals surface area contributed by atoms with Gasteiger partial charge < -0.3 is 9.90 Å². The molecule has 44 valence electrons. The molecule has 2 atom stereocenters. The number of hydrogen-bond donors (Lipinski definition) is 1. The Morgan fingerprint density at radius 2 is 2.38 bits per heavy atom. The number of aldehydes is 1. The Hall–Kier alpha value is -0.880. The van der Waals surface area contributed by atoms with Crippen molar-refractivity contribution in [3.8, 4) is 6.07 Å². The van der Waals surface area contributed by atoms with Gasteiger partial charge in [-0.15, -0.1) is 0 Å². The Morgan fingerprint density at radius 3 is 2.50 bits per heavy atom. The fraction of sp³-hybridized carbons (Fsp3) is 0.600. The lowest BCUT2D eigenvalue weighted by atomic mass is 10.1. The fourth-order valence-corrected chi connectivity index (χ4v) is 0.194. The Morgan fingerprint density at radius 1 is 1.88 bits per heavy atom. The SMILES string of the molecule is CC(C#N)[C@H](O)C=O. The Labute approximate surface area is 47.5 Å². The lowest BCUT2D eigenvalue weighted by molar-refractivity contribution is -0.116.